The van der Waals surface area contributed by atoms with Crippen LogP contribution in [0.3, 0.4) is 0 Å². The SMILES string of the molecule is CC(C)C[C@@H]1NC(=O)[C@H](Cc2ccccc2)NC(=O)CCCNC(=O)[C@H](Cc2ccccc2)NC(=O)[C@H](C)NC1=O. The molecule has 1 saturated heterocycles. The lowest BCUT2D eigenvalue weighted by atomic mass is 10.0. The molecule has 2 aromatic carbocycles. The molecule has 3 rings (SSSR count). The number of rotatable bonds is 6. The summed E-state index contributed by atoms with van der Waals surface area (Å²) in [6.45, 7) is 5.60. The summed E-state index contributed by atoms with van der Waals surface area (Å²) in [6, 6.07) is 14.9. The first-order valence-corrected chi connectivity index (χ1v) is 14.2. The molecule has 220 valence electrons. The Bertz CT molecular complexity index is 1190. The molecule has 5 amide bonds. The highest BCUT2D eigenvalue weighted by Gasteiger charge is 2.30. The molecule has 5 N–H and O–H groups in total. The van der Waals surface area contributed by atoms with Crippen molar-refractivity contribution in [3.05, 3.63) is 71.8 Å². The molecule has 10 heteroatoms. The van der Waals surface area contributed by atoms with Crippen molar-refractivity contribution in [1.29, 1.82) is 0 Å². The largest absolute Gasteiger partial charge is 0.354 e. The molecule has 1 aliphatic heterocycles. The summed E-state index contributed by atoms with van der Waals surface area (Å²) in [4.78, 5) is 65.7. The van der Waals surface area contributed by atoms with Gasteiger partial charge in [0.2, 0.25) is 29.5 Å². The molecule has 41 heavy (non-hydrogen) atoms. The lowest BCUT2D eigenvalue weighted by Gasteiger charge is -2.26. The van der Waals surface area contributed by atoms with Gasteiger partial charge in [0, 0.05) is 25.8 Å². The second-order valence-corrected chi connectivity index (χ2v) is 10.9. The maximum absolute atomic E-state index is 13.4. The third kappa shape index (κ3) is 10.4. The average Bonchev–Trinajstić information content (AvgIpc) is 2.94. The molecule has 1 heterocycles. The van der Waals surface area contributed by atoms with E-state index >= 15 is 0 Å². The summed E-state index contributed by atoms with van der Waals surface area (Å²) < 4.78 is 0. The van der Waals surface area contributed by atoms with E-state index in [0.29, 0.717) is 12.8 Å². The van der Waals surface area contributed by atoms with E-state index in [1.54, 1.807) is 0 Å². The molecule has 0 aliphatic carbocycles. The van der Waals surface area contributed by atoms with Crippen LogP contribution in [0, 0.1) is 5.92 Å². The molecule has 2 aromatic rings. The average molecular weight is 564 g/mol. The van der Waals surface area contributed by atoms with Gasteiger partial charge in [-0.25, -0.2) is 0 Å². The second-order valence-electron chi connectivity index (χ2n) is 10.9. The van der Waals surface area contributed by atoms with E-state index in [9.17, 15) is 24.0 Å². The first-order valence-electron chi connectivity index (χ1n) is 14.2. The van der Waals surface area contributed by atoms with Crippen LogP contribution in [0.2, 0.25) is 0 Å². The van der Waals surface area contributed by atoms with E-state index < -0.39 is 41.9 Å². The standard InChI is InChI=1S/C31H41N5O5/c1-20(2)17-24-30(40)33-21(3)28(38)35-25(18-22-11-6-4-7-12-22)29(39)32-16-10-15-27(37)34-26(31(41)36-24)19-23-13-8-5-9-14-23/h4-9,11-14,20-21,24-26H,10,15-19H2,1-3H3,(H,32,39)(H,33,40)(H,34,37)(H,35,38)(H,36,41)/t21-,24-,25-,26-/m0/s1. The minimum atomic E-state index is -0.962. The Hall–Kier alpha value is -4.21. The molecule has 10 nitrogen and oxygen atoms in total. The van der Waals surface area contributed by atoms with Crippen LogP contribution in [0.5, 0.6) is 0 Å². The summed E-state index contributed by atoms with van der Waals surface area (Å²) in [6.07, 6.45) is 1.26. The summed E-state index contributed by atoms with van der Waals surface area (Å²) in [7, 11) is 0. The number of carbonyl (C=O) groups is 5. The van der Waals surface area contributed by atoms with Gasteiger partial charge in [-0.05, 0) is 36.8 Å². The molecule has 1 fully saturated rings. The molecule has 0 radical (unpaired) electrons. The summed E-state index contributed by atoms with van der Waals surface area (Å²) in [5, 5.41) is 13.9. The fourth-order valence-electron chi connectivity index (χ4n) is 4.62. The summed E-state index contributed by atoms with van der Waals surface area (Å²) in [5.74, 6) is -2.19. The third-order valence-corrected chi connectivity index (χ3v) is 6.82. The van der Waals surface area contributed by atoms with E-state index in [0.717, 1.165) is 11.1 Å². The fraction of sp³-hybridized carbons (Fsp3) is 0.452. The van der Waals surface area contributed by atoms with Crippen LogP contribution >= 0.6 is 0 Å². The van der Waals surface area contributed by atoms with Crippen molar-refractivity contribution >= 4 is 29.5 Å². The fourth-order valence-corrected chi connectivity index (χ4v) is 4.62. The molecular formula is C31H41N5O5. The van der Waals surface area contributed by atoms with Crippen LogP contribution < -0.4 is 26.6 Å². The van der Waals surface area contributed by atoms with Crippen molar-refractivity contribution < 1.29 is 24.0 Å². The van der Waals surface area contributed by atoms with Crippen LogP contribution in [0.25, 0.3) is 0 Å². The van der Waals surface area contributed by atoms with E-state index in [1.807, 2.05) is 74.5 Å². The lowest BCUT2D eigenvalue weighted by molar-refractivity contribution is -0.134. The first kappa shape index (κ1) is 31.3. The van der Waals surface area contributed by atoms with Crippen LogP contribution in [0.4, 0.5) is 0 Å². The van der Waals surface area contributed by atoms with Crippen LogP contribution in [0.15, 0.2) is 60.7 Å². The van der Waals surface area contributed by atoms with Crippen molar-refractivity contribution in [2.24, 2.45) is 5.92 Å². The quantitative estimate of drug-likeness (QED) is 0.361. The molecule has 0 aromatic heterocycles. The van der Waals surface area contributed by atoms with E-state index in [4.69, 9.17) is 0 Å². The third-order valence-electron chi connectivity index (χ3n) is 6.82. The maximum Gasteiger partial charge on any atom is 0.243 e. The van der Waals surface area contributed by atoms with Crippen LogP contribution in [-0.4, -0.2) is 60.2 Å². The number of carbonyl (C=O) groups excluding carboxylic acids is 5. The van der Waals surface area contributed by atoms with Crippen LogP contribution in [0.1, 0.15) is 51.2 Å². The molecule has 0 bridgehead atoms. The van der Waals surface area contributed by atoms with Gasteiger partial charge in [-0.15, -0.1) is 0 Å². The van der Waals surface area contributed by atoms with Gasteiger partial charge in [-0.1, -0.05) is 74.5 Å². The number of benzene rings is 2. The van der Waals surface area contributed by atoms with Gasteiger partial charge in [0.25, 0.3) is 0 Å². The zero-order valence-corrected chi connectivity index (χ0v) is 23.9. The van der Waals surface area contributed by atoms with Crippen LogP contribution in [-0.2, 0) is 36.8 Å². The van der Waals surface area contributed by atoms with Gasteiger partial charge in [0.05, 0.1) is 0 Å². The van der Waals surface area contributed by atoms with Gasteiger partial charge in [-0.3, -0.25) is 24.0 Å². The molecular weight excluding hydrogens is 522 g/mol. The Balaban J connectivity index is 1.84. The molecule has 4 atom stereocenters. The predicted molar refractivity (Wildman–Crippen MR) is 155 cm³/mol. The lowest BCUT2D eigenvalue weighted by Crippen LogP contribution is -2.58. The minimum Gasteiger partial charge on any atom is -0.354 e. The van der Waals surface area contributed by atoms with E-state index in [2.05, 4.69) is 26.6 Å². The normalized spacial score (nSPS) is 23.5. The Morgan fingerprint density at radius 2 is 1.17 bits per heavy atom. The zero-order valence-electron chi connectivity index (χ0n) is 23.9. The van der Waals surface area contributed by atoms with Crippen molar-refractivity contribution in [2.75, 3.05) is 6.54 Å². The van der Waals surface area contributed by atoms with E-state index in [-0.39, 0.29) is 43.5 Å². The Kier molecular flexibility index (Phi) is 11.9. The number of amides is 5. The first-order chi connectivity index (χ1) is 19.6. The Labute approximate surface area is 241 Å². The second kappa shape index (κ2) is 15.5. The summed E-state index contributed by atoms with van der Waals surface area (Å²) >= 11 is 0. The molecule has 0 spiro atoms. The smallest absolute Gasteiger partial charge is 0.243 e. The van der Waals surface area contributed by atoms with Gasteiger partial charge >= 0.3 is 0 Å². The predicted octanol–water partition coefficient (Wildman–Crippen LogP) is 1.39. The highest BCUT2D eigenvalue weighted by molar-refractivity contribution is 5.95. The Morgan fingerprint density at radius 1 is 0.659 bits per heavy atom. The number of hydrogen-bond donors (Lipinski definition) is 5. The number of nitrogens with one attached hydrogen (secondary N) is 5. The van der Waals surface area contributed by atoms with Crippen molar-refractivity contribution in [3.8, 4) is 0 Å². The molecule has 0 saturated carbocycles. The highest BCUT2D eigenvalue weighted by Crippen LogP contribution is 2.10. The van der Waals surface area contributed by atoms with Crippen molar-refractivity contribution in [3.63, 3.8) is 0 Å². The molecule has 1 aliphatic rings. The monoisotopic (exact) mass is 563 g/mol. The van der Waals surface area contributed by atoms with Crippen molar-refractivity contribution in [2.45, 2.75) is 77.0 Å². The van der Waals surface area contributed by atoms with E-state index in [1.165, 1.54) is 6.92 Å². The zero-order chi connectivity index (χ0) is 29.8. The maximum atomic E-state index is 13.4. The minimum absolute atomic E-state index is 0.0606. The molecule has 0 unspecified atom stereocenters. The topological polar surface area (TPSA) is 146 Å². The summed E-state index contributed by atoms with van der Waals surface area (Å²) in [5.41, 5.74) is 1.71. The van der Waals surface area contributed by atoms with Gasteiger partial charge in [-0.2, -0.15) is 0 Å². The highest BCUT2D eigenvalue weighted by atomic mass is 16.2. The Morgan fingerprint density at radius 3 is 1.73 bits per heavy atom. The van der Waals surface area contributed by atoms with Gasteiger partial charge in [0.1, 0.15) is 24.2 Å². The van der Waals surface area contributed by atoms with Crippen molar-refractivity contribution in [1.82, 2.24) is 26.6 Å². The number of hydrogen-bond acceptors (Lipinski definition) is 5. The van der Waals surface area contributed by atoms with Gasteiger partial charge in [0.15, 0.2) is 0 Å². The van der Waals surface area contributed by atoms with Gasteiger partial charge < -0.3 is 26.6 Å².